The van der Waals surface area contributed by atoms with Gasteiger partial charge in [-0.2, -0.15) is 0 Å². The Morgan fingerprint density at radius 3 is 2.84 bits per heavy atom. The molecule has 0 spiro atoms. The molecular formula is C14H20FNO3. The van der Waals surface area contributed by atoms with Crippen LogP contribution in [0.5, 0.6) is 0 Å². The summed E-state index contributed by atoms with van der Waals surface area (Å²) in [6.45, 7) is 2.12. The van der Waals surface area contributed by atoms with Crippen molar-refractivity contribution < 1.29 is 19.0 Å². The van der Waals surface area contributed by atoms with E-state index in [-0.39, 0.29) is 11.9 Å². The fourth-order valence-electron chi connectivity index (χ4n) is 1.88. The Kier molecular flexibility index (Phi) is 6.45. The van der Waals surface area contributed by atoms with Gasteiger partial charge < -0.3 is 15.2 Å². The number of carbonyl (C=O) groups is 1. The Morgan fingerprint density at radius 2 is 2.26 bits per heavy atom. The van der Waals surface area contributed by atoms with E-state index in [2.05, 4.69) is 5.32 Å². The fraction of sp³-hybridized carbons (Fsp3) is 0.500. The third-order valence-corrected chi connectivity index (χ3v) is 2.90. The molecule has 0 saturated heterocycles. The van der Waals surface area contributed by atoms with Crippen molar-refractivity contribution in [3.05, 3.63) is 35.6 Å². The first-order valence-corrected chi connectivity index (χ1v) is 6.25. The summed E-state index contributed by atoms with van der Waals surface area (Å²) >= 11 is 0. The third kappa shape index (κ3) is 5.81. The molecule has 1 aromatic carbocycles. The molecule has 4 nitrogen and oxygen atoms in total. The fourth-order valence-corrected chi connectivity index (χ4v) is 1.88. The van der Waals surface area contributed by atoms with E-state index >= 15 is 0 Å². The molecule has 0 heterocycles. The molecule has 0 saturated carbocycles. The lowest BCUT2D eigenvalue weighted by Gasteiger charge is -2.21. The predicted molar refractivity (Wildman–Crippen MR) is 70.6 cm³/mol. The summed E-state index contributed by atoms with van der Waals surface area (Å²) in [7, 11) is 1.60. The maximum absolute atomic E-state index is 13.1. The van der Waals surface area contributed by atoms with Gasteiger partial charge in [-0.25, -0.2) is 4.39 Å². The normalized spacial score (nSPS) is 14.1. The van der Waals surface area contributed by atoms with Crippen molar-refractivity contribution in [1.29, 1.82) is 0 Å². The summed E-state index contributed by atoms with van der Waals surface area (Å²) in [5.74, 6) is -1.18. The highest BCUT2D eigenvalue weighted by Crippen LogP contribution is 2.09. The van der Waals surface area contributed by atoms with Crippen molar-refractivity contribution in [3.8, 4) is 0 Å². The summed E-state index contributed by atoms with van der Waals surface area (Å²) in [6.07, 6.45) is 1.24. The zero-order valence-corrected chi connectivity index (χ0v) is 11.2. The molecule has 1 rings (SSSR count). The molecule has 0 bridgehead atoms. The number of halogens is 1. The largest absolute Gasteiger partial charge is 0.480 e. The highest BCUT2D eigenvalue weighted by molar-refractivity contribution is 5.72. The summed E-state index contributed by atoms with van der Waals surface area (Å²) < 4.78 is 18.1. The van der Waals surface area contributed by atoms with Crippen LogP contribution in [0.25, 0.3) is 0 Å². The molecule has 0 aliphatic heterocycles. The van der Waals surface area contributed by atoms with E-state index in [9.17, 15) is 9.18 Å². The molecule has 1 aromatic rings. The minimum atomic E-state index is -0.901. The number of methoxy groups -OCH3 is 1. The van der Waals surface area contributed by atoms with Gasteiger partial charge in [-0.1, -0.05) is 12.1 Å². The van der Waals surface area contributed by atoms with Crippen LogP contribution in [0.4, 0.5) is 4.39 Å². The molecule has 0 aromatic heterocycles. The van der Waals surface area contributed by atoms with Gasteiger partial charge in [-0.3, -0.25) is 4.79 Å². The number of ether oxygens (including phenoxy) is 1. The van der Waals surface area contributed by atoms with Crippen molar-refractivity contribution in [2.75, 3.05) is 13.7 Å². The van der Waals surface area contributed by atoms with Gasteiger partial charge in [-0.15, -0.1) is 0 Å². The Balaban J connectivity index is 2.65. The summed E-state index contributed by atoms with van der Waals surface area (Å²) in [5.41, 5.74) is 0.839. The predicted octanol–water partition coefficient (Wildman–Crippen LogP) is 1.84. The van der Waals surface area contributed by atoms with Gasteiger partial charge in [0.1, 0.15) is 11.9 Å². The quantitative estimate of drug-likeness (QED) is 0.756. The standard InChI is InChI=1S/C14H20FNO3/c1-10(14(17)18)16-13(6-7-19-2)9-11-4-3-5-12(15)8-11/h3-5,8,10,13,16H,6-7,9H2,1-2H3,(H,17,18). The molecule has 0 aliphatic rings. The highest BCUT2D eigenvalue weighted by Gasteiger charge is 2.17. The van der Waals surface area contributed by atoms with Crippen LogP contribution < -0.4 is 5.32 Å². The second kappa shape index (κ2) is 7.86. The average Bonchev–Trinajstić information content (AvgIpc) is 2.35. The Labute approximate surface area is 112 Å². The van der Waals surface area contributed by atoms with Crippen molar-refractivity contribution in [2.24, 2.45) is 0 Å². The Bertz CT molecular complexity index is 411. The number of aliphatic carboxylic acids is 1. The van der Waals surface area contributed by atoms with Crippen LogP contribution in [0.1, 0.15) is 18.9 Å². The monoisotopic (exact) mass is 269 g/mol. The van der Waals surface area contributed by atoms with Gasteiger partial charge in [0.05, 0.1) is 0 Å². The van der Waals surface area contributed by atoms with E-state index in [0.717, 1.165) is 5.56 Å². The van der Waals surface area contributed by atoms with Gasteiger partial charge in [0.2, 0.25) is 0 Å². The summed E-state index contributed by atoms with van der Waals surface area (Å²) in [5, 5.41) is 11.9. The minimum Gasteiger partial charge on any atom is -0.480 e. The number of carboxylic acids is 1. The van der Waals surface area contributed by atoms with Gasteiger partial charge in [0, 0.05) is 19.8 Å². The van der Waals surface area contributed by atoms with Crippen LogP contribution in [0.3, 0.4) is 0 Å². The molecule has 5 heteroatoms. The highest BCUT2D eigenvalue weighted by atomic mass is 19.1. The van der Waals surface area contributed by atoms with E-state index in [1.807, 2.05) is 6.07 Å². The Morgan fingerprint density at radius 1 is 1.53 bits per heavy atom. The van der Waals surface area contributed by atoms with E-state index in [1.165, 1.54) is 12.1 Å². The molecule has 106 valence electrons. The molecule has 19 heavy (non-hydrogen) atoms. The molecule has 0 amide bonds. The summed E-state index contributed by atoms with van der Waals surface area (Å²) in [4.78, 5) is 10.9. The number of hydrogen-bond donors (Lipinski definition) is 2. The van der Waals surface area contributed by atoms with Crippen molar-refractivity contribution in [3.63, 3.8) is 0 Å². The second-order valence-electron chi connectivity index (χ2n) is 4.54. The van der Waals surface area contributed by atoms with E-state index in [4.69, 9.17) is 9.84 Å². The van der Waals surface area contributed by atoms with Crippen molar-refractivity contribution in [2.45, 2.75) is 31.8 Å². The topological polar surface area (TPSA) is 58.6 Å². The SMILES string of the molecule is COCCC(Cc1cccc(F)c1)NC(C)C(=O)O. The molecule has 0 fully saturated rings. The maximum Gasteiger partial charge on any atom is 0.320 e. The van der Waals surface area contributed by atoms with E-state index in [0.29, 0.717) is 19.4 Å². The number of nitrogens with one attached hydrogen (secondary N) is 1. The molecule has 0 aliphatic carbocycles. The lowest BCUT2D eigenvalue weighted by Crippen LogP contribution is -2.43. The zero-order chi connectivity index (χ0) is 14.3. The average molecular weight is 269 g/mol. The van der Waals surface area contributed by atoms with Crippen LogP contribution in [0.15, 0.2) is 24.3 Å². The number of benzene rings is 1. The smallest absolute Gasteiger partial charge is 0.320 e. The van der Waals surface area contributed by atoms with E-state index < -0.39 is 12.0 Å². The van der Waals surface area contributed by atoms with Crippen LogP contribution in [-0.2, 0) is 16.0 Å². The molecule has 0 radical (unpaired) electrons. The van der Waals surface area contributed by atoms with Crippen molar-refractivity contribution >= 4 is 5.97 Å². The van der Waals surface area contributed by atoms with Gasteiger partial charge in [0.15, 0.2) is 0 Å². The zero-order valence-electron chi connectivity index (χ0n) is 11.2. The van der Waals surface area contributed by atoms with Crippen LogP contribution in [-0.4, -0.2) is 36.9 Å². The molecule has 2 unspecified atom stereocenters. The number of hydrogen-bond acceptors (Lipinski definition) is 3. The first-order valence-electron chi connectivity index (χ1n) is 6.25. The van der Waals surface area contributed by atoms with Gasteiger partial charge in [-0.05, 0) is 37.5 Å². The number of rotatable bonds is 8. The van der Waals surface area contributed by atoms with Crippen LogP contribution >= 0.6 is 0 Å². The molecular weight excluding hydrogens is 249 g/mol. The first-order chi connectivity index (χ1) is 9.02. The van der Waals surface area contributed by atoms with Crippen molar-refractivity contribution in [1.82, 2.24) is 5.32 Å². The van der Waals surface area contributed by atoms with Crippen LogP contribution in [0.2, 0.25) is 0 Å². The second-order valence-corrected chi connectivity index (χ2v) is 4.54. The van der Waals surface area contributed by atoms with E-state index in [1.54, 1.807) is 20.1 Å². The lowest BCUT2D eigenvalue weighted by molar-refractivity contribution is -0.139. The lowest BCUT2D eigenvalue weighted by atomic mass is 10.0. The van der Waals surface area contributed by atoms with Gasteiger partial charge in [0.25, 0.3) is 0 Å². The maximum atomic E-state index is 13.1. The molecule has 2 N–H and O–H groups in total. The first kappa shape index (κ1) is 15.6. The molecule has 2 atom stereocenters. The van der Waals surface area contributed by atoms with Crippen LogP contribution in [0, 0.1) is 5.82 Å². The summed E-state index contributed by atoms with van der Waals surface area (Å²) in [6, 6.07) is 5.63. The number of carboxylic acid groups (broad SMARTS) is 1. The third-order valence-electron chi connectivity index (χ3n) is 2.90. The minimum absolute atomic E-state index is 0.0622. The Hall–Kier alpha value is -1.46. The van der Waals surface area contributed by atoms with Gasteiger partial charge >= 0.3 is 5.97 Å².